The average Bonchev–Trinajstić information content (AvgIpc) is 2.84. The number of rotatable bonds is 5. The molecule has 0 bridgehead atoms. The molecular weight excluding hydrogens is 406 g/mol. The largest absolute Gasteiger partial charge is 0.497 e. The molecule has 2 heterocycles. The van der Waals surface area contributed by atoms with Crippen LogP contribution in [-0.2, 0) is 9.59 Å². The number of nitrogens with zero attached hydrogens (tertiary/aromatic N) is 3. The first-order chi connectivity index (χ1) is 15.5. The second-order valence-electron chi connectivity index (χ2n) is 8.45. The average molecular weight is 438 g/mol. The third kappa shape index (κ3) is 4.43. The summed E-state index contributed by atoms with van der Waals surface area (Å²) in [6.45, 7) is 3.18. The van der Waals surface area contributed by atoms with Gasteiger partial charge in [0.1, 0.15) is 11.5 Å². The van der Waals surface area contributed by atoms with Crippen LogP contribution >= 0.6 is 0 Å². The molecule has 0 radical (unpaired) electrons. The van der Waals surface area contributed by atoms with Crippen molar-refractivity contribution in [2.75, 3.05) is 52.3 Å². The van der Waals surface area contributed by atoms with E-state index in [0.717, 1.165) is 48.9 Å². The number of hydrogen-bond acceptors (Lipinski definition) is 5. The monoisotopic (exact) mass is 437 g/mol. The number of ether oxygens (including phenoxy) is 2. The summed E-state index contributed by atoms with van der Waals surface area (Å²) in [6, 6.07) is 14.8. The fourth-order valence-electron chi connectivity index (χ4n) is 4.64. The van der Waals surface area contributed by atoms with Crippen LogP contribution in [0.4, 0.5) is 5.69 Å². The van der Waals surface area contributed by atoms with Crippen LogP contribution in [0.3, 0.4) is 0 Å². The summed E-state index contributed by atoms with van der Waals surface area (Å²) in [6.07, 6.45) is 0.899. The van der Waals surface area contributed by atoms with Gasteiger partial charge >= 0.3 is 0 Å². The number of carbonyl (C=O) groups is 2. The van der Waals surface area contributed by atoms with Gasteiger partial charge in [-0.3, -0.25) is 9.59 Å². The first-order valence-electron chi connectivity index (χ1n) is 11.1. The lowest BCUT2D eigenvalue weighted by atomic mass is 9.82. The fraction of sp³-hybridized carbons (Fsp3) is 0.440. The summed E-state index contributed by atoms with van der Waals surface area (Å²) in [5, 5.41) is 0. The lowest BCUT2D eigenvalue weighted by Gasteiger charge is -2.43. The zero-order valence-corrected chi connectivity index (χ0v) is 19.0. The number of benzene rings is 2. The highest BCUT2D eigenvalue weighted by molar-refractivity contribution is 5.97. The quantitative estimate of drug-likeness (QED) is 0.720. The lowest BCUT2D eigenvalue weighted by molar-refractivity contribution is -0.139. The zero-order chi connectivity index (χ0) is 22.7. The Kier molecular flexibility index (Phi) is 6.65. The highest BCUT2D eigenvalue weighted by Gasteiger charge is 2.43. The maximum Gasteiger partial charge on any atom is 0.228 e. The van der Waals surface area contributed by atoms with Crippen LogP contribution < -0.4 is 14.4 Å². The molecule has 2 aliphatic heterocycles. The second-order valence-corrected chi connectivity index (χ2v) is 8.45. The molecular formula is C25H31N3O4. The molecule has 32 heavy (non-hydrogen) atoms. The van der Waals surface area contributed by atoms with E-state index in [-0.39, 0.29) is 23.8 Å². The summed E-state index contributed by atoms with van der Waals surface area (Å²) in [5.74, 6) is 1.33. The summed E-state index contributed by atoms with van der Waals surface area (Å²) >= 11 is 0. The zero-order valence-electron chi connectivity index (χ0n) is 19.0. The van der Waals surface area contributed by atoms with Crippen molar-refractivity contribution in [2.24, 2.45) is 5.92 Å². The molecule has 0 aliphatic carbocycles. The number of anilines is 1. The topological polar surface area (TPSA) is 62.3 Å². The molecule has 2 saturated heterocycles. The summed E-state index contributed by atoms with van der Waals surface area (Å²) < 4.78 is 10.6. The van der Waals surface area contributed by atoms with Crippen LogP contribution in [0, 0.1) is 5.92 Å². The van der Waals surface area contributed by atoms with Crippen molar-refractivity contribution < 1.29 is 19.1 Å². The minimum Gasteiger partial charge on any atom is -0.497 e. The third-order valence-corrected chi connectivity index (χ3v) is 6.54. The van der Waals surface area contributed by atoms with Gasteiger partial charge in [0, 0.05) is 38.3 Å². The number of likely N-dealkylation sites (N-methyl/N-ethyl adjacent to an activating group) is 1. The Morgan fingerprint density at radius 3 is 2.00 bits per heavy atom. The van der Waals surface area contributed by atoms with E-state index in [4.69, 9.17) is 9.47 Å². The van der Waals surface area contributed by atoms with E-state index < -0.39 is 0 Å². The minimum absolute atomic E-state index is 0.0263. The fourth-order valence-corrected chi connectivity index (χ4v) is 4.64. The van der Waals surface area contributed by atoms with Crippen LogP contribution in [0.1, 0.15) is 24.4 Å². The van der Waals surface area contributed by atoms with Crippen molar-refractivity contribution in [3.8, 4) is 11.5 Å². The molecule has 2 aromatic rings. The van der Waals surface area contributed by atoms with Crippen molar-refractivity contribution in [2.45, 2.75) is 18.9 Å². The van der Waals surface area contributed by atoms with Gasteiger partial charge in [0.15, 0.2) is 0 Å². The Hall–Kier alpha value is -3.06. The SMILES string of the molecule is COc1ccc([C@H]2[C@@H](C(=O)N3CCN(C)CC3)CCC(=O)N2c2ccc(OC)cc2)cc1. The molecule has 170 valence electrons. The molecule has 2 aliphatic rings. The Balaban J connectivity index is 1.72. The molecule has 2 atom stereocenters. The molecule has 0 unspecified atom stereocenters. The van der Waals surface area contributed by atoms with Crippen LogP contribution in [0.15, 0.2) is 48.5 Å². The van der Waals surface area contributed by atoms with Gasteiger partial charge in [-0.25, -0.2) is 0 Å². The van der Waals surface area contributed by atoms with Gasteiger partial charge in [0.2, 0.25) is 11.8 Å². The van der Waals surface area contributed by atoms with Gasteiger partial charge in [0.05, 0.1) is 26.2 Å². The molecule has 0 aromatic heterocycles. The molecule has 0 saturated carbocycles. The highest BCUT2D eigenvalue weighted by Crippen LogP contribution is 2.41. The number of methoxy groups -OCH3 is 2. The van der Waals surface area contributed by atoms with Crippen LogP contribution in [0.2, 0.25) is 0 Å². The van der Waals surface area contributed by atoms with Crippen LogP contribution in [0.5, 0.6) is 11.5 Å². The van der Waals surface area contributed by atoms with Crippen molar-refractivity contribution in [3.05, 3.63) is 54.1 Å². The Bertz CT molecular complexity index is 937. The van der Waals surface area contributed by atoms with Crippen molar-refractivity contribution >= 4 is 17.5 Å². The van der Waals surface area contributed by atoms with Gasteiger partial charge in [-0.05, 0) is 55.4 Å². The lowest BCUT2D eigenvalue weighted by Crippen LogP contribution is -2.53. The standard InChI is InChI=1S/C25H31N3O4/c1-26-14-16-27(17-15-26)25(30)22-12-13-23(29)28(19-6-10-21(32-3)11-7-19)24(22)18-4-8-20(31-2)9-5-18/h4-11,22,24H,12-17H2,1-3H3/t22-,24-/m0/s1. The van der Waals surface area contributed by atoms with E-state index in [1.54, 1.807) is 19.1 Å². The first kappa shape index (κ1) is 22.1. The van der Waals surface area contributed by atoms with E-state index in [0.29, 0.717) is 12.8 Å². The predicted molar refractivity (Wildman–Crippen MR) is 123 cm³/mol. The molecule has 2 amide bonds. The number of piperidine rings is 1. The Morgan fingerprint density at radius 2 is 1.44 bits per heavy atom. The number of hydrogen-bond donors (Lipinski definition) is 0. The van der Waals surface area contributed by atoms with Gasteiger partial charge in [0.25, 0.3) is 0 Å². The summed E-state index contributed by atoms with van der Waals surface area (Å²) in [7, 11) is 5.32. The van der Waals surface area contributed by atoms with Crippen molar-refractivity contribution in [1.29, 1.82) is 0 Å². The second kappa shape index (κ2) is 9.61. The predicted octanol–water partition coefficient (Wildman–Crippen LogP) is 2.96. The Morgan fingerprint density at radius 1 is 0.875 bits per heavy atom. The maximum absolute atomic E-state index is 13.7. The summed E-state index contributed by atoms with van der Waals surface area (Å²) in [5.41, 5.74) is 1.70. The maximum atomic E-state index is 13.7. The van der Waals surface area contributed by atoms with Crippen LogP contribution in [0.25, 0.3) is 0 Å². The molecule has 7 heteroatoms. The van der Waals surface area contributed by atoms with E-state index in [9.17, 15) is 9.59 Å². The van der Waals surface area contributed by atoms with Gasteiger partial charge < -0.3 is 24.2 Å². The molecule has 0 N–H and O–H groups in total. The highest BCUT2D eigenvalue weighted by atomic mass is 16.5. The molecule has 0 spiro atoms. The van der Waals surface area contributed by atoms with Crippen molar-refractivity contribution in [3.63, 3.8) is 0 Å². The van der Waals surface area contributed by atoms with E-state index in [2.05, 4.69) is 11.9 Å². The smallest absolute Gasteiger partial charge is 0.228 e. The number of carbonyl (C=O) groups excluding carboxylic acids is 2. The summed E-state index contributed by atoms with van der Waals surface area (Å²) in [4.78, 5) is 32.8. The third-order valence-electron chi connectivity index (χ3n) is 6.54. The van der Waals surface area contributed by atoms with Gasteiger partial charge in [-0.2, -0.15) is 0 Å². The normalized spacial score (nSPS) is 22.0. The molecule has 2 fully saturated rings. The van der Waals surface area contributed by atoms with E-state index in [1.165, 1.54) is 0 Å². The first-order valence-corrected chi connectivity index (χ1v) is 11.1. The van der Waals surface area contributed by atoms with Crippen molar-refractivity contribution in [1.82, 2.24) is 9.80 Å². The van der Waals surface area contributed by atoms with Gasteiger partial charge in [-0.15, -0.1) is 0 Å². The molecule has 2 aromatic carbocycles. The van der Waals surface area contributed by atoms with E-state index >= 15 is 0 Å². The number of piperazine rings is 1. The van der Waals surface area contributed by atoms with Crippen LogP contribution in [-0.4, -0.2) is 69.1 Å². The van der Waals surface area contributed by atoms with E-state index in [1.807, 2.05) is 53.4 Å². The molecule has 7 nitrogen and oxygen atoms in total. The Labute approximate surface area is 189 Å². The number of amides is 2. The van der Waals surface area contributed by atoms with Gasteiger partial charge in [-0.1, -0.05) is 12.1 Å². The molecule has 4 rings (SSSR count). The minimum atomic E-state index is -0.372.